The Bertz CT molecular complexity index is 189. The Morgan fingerprint density at radius 3 is 2.86 bits per heavy atom. The van der Waals surface area contributed by atoms with Crippen LogP contribution in [0.1, 0.15) is 46.0 Å². The second-order valence-electron chi connectivity index (χ2n) is 5.02. The van der Waals surface area contributed by atoms with Gasteiger partial charge in [0.1, 0.15) is 0 Å². The van der Waals surface area contributed by atoms with Crippen LogP contribution in [0.3, 0.4) is 0 Å². The molecule has 1 heterocycles. The maximum atomic E-state index is 6.00. The lowest BCUT2D eigenvalue weighted by molar-refractivity contribution is -0.148. The minimum absolute atomic E-state index is 0.238. The molecule has 0 radical (unpaired) electrons. The fourth-order valence-electron chi connectivity index (χ4n) is 2.66. The lowest BCUT2D eigenvalue weighted by atomic mass is 9.71. The van der Waals surface area contributed by atoms with Gasteiger partial charge in [-0.05, 0) is 31.6 Å². The van der Waals surface area contributed by atoms with Crippen LogP contribution >= 0.6 is 0 Å². The molecule has 1 spiro atoms. The van der Waals surface area contributed by atoms with E-state index in [0.717, 1.165) is 19.1 Å². The van der Waals surface area contributed by atoms with Crippen molar-refractivity contribution in [1.29, 1.82) is 0 Å². The van der Waals surface area contributed by atoms with Crippen molar-refractivity contribution in [2.75, 3.05) is 13.2 Å². The molecule has 2 heteroatoms. The molecular weight excluding hydrogens is 174 g/mol. The van der Waals surface area contributed by atoms with Gasteiger partial charge in [0.2, 0.25) is 0 Å². The van der Waals surface area contributed by atoms with Crippen LogP contribution in [0.5, 0.6) is 0 Å². The topological polar surface area (TPSA) is 21.3 Å². The lowest BCUT2D eigenvalue weighted by Gasteiger charge is -2.51. The molecule has 2 fully saturated rings. The molecule has 1 aliphatic heterocycles. The van der Waals surface area contributed by atoms with Crippen LogP contribution in [0.4, 0.5) is 0 Å². The standard InChI is InChI=1S/C12H23NO/c1-3-10(2)9-11-12(5-4-6-12)14-8-7-13-11/h10-11,13H,3-9H2,1-2H3. The monoisotopic (exact) mass is 197 g/mol. The Morgan fingerprint density at radius 2 is 2.29 bits per heavy atom. The van der Waals surface area contributed by atoms with Gasteiger partial charge in [0.25, 0.3) is 0 Å². The molecule has 1 N–H and O–H groups in total. The van der Waals surface area contributed by atoms with Crippen molar-refractivity contribution in [2.24, 2.45) is 5.92 Å². The highest BCUT2D eigenvalue weighted by atomic mass is 16.5. The van der Waals surface area contributed by atoms with Gasteiger partial charge in [-0.25, -0.2) is 0 Å². The fraction of sp³-hybridized carbons (Fsp3) is 1.00. The molecule has 82 valence electrons. The molecule has 0 bridgehead atoms. The highest BCUT2D eigenvalue weighted by molar-refractivity contribution is 5.02. The molecule has 0 aromatic rings. The van der Waals surface area contributed by atoms with E-state index in [1.165, 1.54) is 32.1 Å². The number of rotatable bonds is 3. The number of ether oxygens (including phenoxy) is 1. The van der Waals surface area contributed by atoms with Crippen LogP contribution in [0.15, 0.2) is 0 Å². The molecule has 1 aliphatic carbocycles. The van der Waals surface area contributed by atoms with E-state index in [2.05, 4.69) is 19.2 Å². The van der Waals surface area contributed by atoms with Crippen LogP contribution in [-0.4, -0.2) is 24.8 Å². The van der Waals surface area contributed by atoms with E-state index in [4.69, 9.17) is 4.74 Å². The average molecular weight is 197 g/mol. The van der Waals surface area contributed by atoms with Crippen molar-refractivity contribution < 1.29 is 4.74 Å². The molecule has 0 aromatic carbocycles. The van der Waals surface area contributed by atoms with Gasteiger partial charge < -0.3 is 10.1 Å². The molecule has 2 aliphatic rings. The van der Waals surface area contributed by atoms with Crippen LogP contribution in [0, 0.1) is 5.92 Å². The average Bonchev–Trinajstić information content (AvgIpc) is 2.16. The summed E-state index contributed by atoms with van der Waals surface area (Å²) < 4.78 is 6.00. The quantitative estimate of drug-likeness (QED) is 0.750. The third-order valence-electron chi connectivity index (χ3n) is 4.05. The summed E-state index contributed by atoms with van der Waals surface area (Å²) in [5.41, 5.74) is 0.238. The number of hydrogen-bond acceptors (Lipinski definition) is 2. The van der Waals surface area contributed by atoms with Crippen LogP contribution in [0.25, 0.3) is 0 Å². The first-order chi connectivity index (χ1) is 6.77. The Morgan fingerprint density at radius 1 is 1.50 bits per heavy atom. The number of morpholine rings is 1. The van der Waals surface area contributed by atoms with E-state index >= 15 is 0 Å². The highest BCUT2D eigenvalue weighted by Gasteiger charge is 2.46. The van der Waals surface area contributed by atoms with E-state index in [1.807, 2.05) is 0 Å². The smallest absolute Gasteiger partial charge is 0.0835 e. The summed E-state index contributed by atoms with van der Waals surface area (Å²) >= 11 is 0. The van der Waals surface area contributed by atoms with Crippen molar-refractivity contribution in [3.05, 3.63) is 0 Å². The maximum absolute atomic E-state index is 6.00. The highest BCUT2D eigenvalue weighted by Crippen LogP contribution is 2.41. The second kappa shape index (κ2) is 4.19. The summed E-state index contributed by atoms with van der Waals surface area (Å²) in [6.07, 6.45) is 6.49. The van der Waals surface area contributed by atoms with E-state index < -0.39 is 0 Å². The van der Waals surface area contributed by atoms with Gasteiger partial charge in [0.05, 0.1) is 12.2 Å². The minimum atomic E-state index is 0.238. The lowest BCUT2D eigenvalue weighted by Crippen LogP contribution is -2.61. The van der Waals surface area contributed by atoms with Crippen molar-refractivity contribution in [2.45, 2.75) is 57.6 Å². The van der Waals surface area contributed by atoms with Crippen molar-refractivity contribution in [3.63, 3.8) is 0 Å². The van der Waals surface area contributed by atoms with Gasteiger partial charge in [0.15, 0.2) is 0 Å². The predicted molar refractivity (Wildman–Crippen MR) is 58.4 cm³/mol. The summed E-state index contributed by atoms with van der Waals surface area (Å²) in [6, 6.07) is 0.625. The molecule has 0 aromatic heterocycles. The van der Waals surface area contributed by atoms with Gasteiger partial charge in [-0.1, -0.05) is 20.3 Å². The summed E-state index contributed by atoms with van der Waals surface area (Å²) in [6.45, 7) is 6.59. The van der Waals surface area contributed by atoms with Gasteiger partial charge >= 0.3 is 0 Å². The van der Waals surface area contributed by atoms with Crippen molar-refractivity contribution in [3.8, 4) is 0 Å². The second-order valence-corrected chi connectivity index (χ2v) is 5.02. The zero-order valence-electron chi connectivity index (χ0n) is 9.51. The Labute approximate surface area is 87.4 Å². The molecule has 14 heavy (non-hydrogen) atoms. The minimum Gasteiger partial charge on any atom is -0.372 e. The van der Waals surface area contributed by atoms with E-state index in [-0.39, 0.29) is 5.60 Å². The van der Waals surface area contributed by atoms with Gasteiger partial charge in [-0.2, -0.15) is 0 Å². The first-order valence-corrected chi connectivity index (χ1v) is 6.14. The summed E-state index contributed by atoms with van der Waals surface area (Å²) in [7, 11) is 0. The molecule has 2 rings (SSSR count). The molecule has 1 saturated carbocycles. The van der Waals surface area contributed by atoms with Gasteiger partial charge in [-0.3, -0.25) is 0 Å². The van der Waals surface area contributed by atoms with Gasteiger partial charge in [-0.15, -0.1) is 0 Å². The van der Waals surface area contributed by atoms with Crippen molar-refractivity contribution in [1.82, 2.24) is 5.32 Å². The molecular formula is C12H23NO. The van der Waals surface area contributed by atoms with Crippen molar-refractivity contribution >= 4 is 0 Å². The molecule has 0 amide bonds. The fourth-order valence-corrected chi connectivity index (χ4v) is 2.66. The zero-order chi connectivity index (χ0) is 10.0. The Hall–Kier alpha value is -0.0800. The summed E-state index contributed by atoms with van der Waals surface area (Å²) in [4.78, 5) is 0. The van der Waals surface area contributed by atoms with E-state index in [0.29, 0.717) is 6.04 Å². The number of hydrogen-bond donors (Lipinski definition) is 1. The van der Waals surface area contributed by atoms with Crippen LogP contribution < -0.4 is 5.32 Å². The predicted octanol–water partition coefficient (Wildman–Crippen LogP) is 2.33. The largest absolute Gasteiger partial charge is 0.372 e. The number of nitrogens with one attached hydrogen (secondary N) is 1. The molecule has 2 atom stereocenters. The normalized spacial score (nSPS) is 32.6. The first-order valence-electron chi connectivity index (χ1n) is 6.14. The Kier molecular flexibility index (Phi) is 3.13. The van der Waals surface area contributed by atoms with Crippen LogP contribution in [0.2, 0.25) is 0 Å². The van der Waals surface area contributed by atoms with Crippen LogP contribution in [-0.2, 0) is 4.74 Å². The first kappa shape index (κ1) is 10.4. The third-order valence-corrected chi connectivity index (χ3v) is 4.05. The SMILES string of the molecule is CCC(C)CC1NCCOC12CCC2. The van der Waals surface area contributed by atoms with E-state index in [9.17, 15) is 0 Å². The molecule has 1 saturated heterocycles. The molecule has 2 unspecified atom stereocenters. The summed E-state index contributed by atoms with van der Waals surface area (Å²) in [5, 5.41) is 3.65. The Balaban J connectivity index is 1.93. The molecule has 2 nitrogen and oxygen atoms in total. The van der Waals surface area contributed by atoms with Gasteiger partial charge in [0, 0.05) is 12.6 Å². The van der Waals surface area contributed by atoms with E-state index in [1.54, 1.807) is 0 Å². The zero-order valence-corrected chi connectivity index (χ0v) is 9.51. The maximum Gasteiger partial charge on any atom is 0.0835 e. The third kappa shape index (κ3) is 1.82. The summed E-state index contributed by atoms with van der Waals surface area (Å²) in [5.74, 6) is 0.826.